The topological polar surface area (TPSA) is 123 Å². The summed E-state index contributed by atoms with van der Waals surface area (Å²) in [7, 11) is 0. The summed E-state index contributed by atoms with van der Waals surface area (Å²) in [4.78, 5) is 15.6. The van der Waals surface area contributed by atoms with E-state index in [1.807, 2.05) is 41.3 Å². The van der Waals surface area contributed by atoms with Gasteiger partial charge in [-0.25, -0.2) is 4.52 Å². The molecule has 1 saturated heterocycles. The second kappa shape index (κ2) is 9.86. The maximum Gasteiger partial charge on any atom is 0.251 e. The lowest BCUT2D eigenvalue weighted by Gasteiger charge is -2.33. The summed E-state index contributed by atoms with van der Waals surface area (Å²) in [6, 6.07) is 13.8. The van der Waals surface area contributed by atoms with Crippen LogP contribution in [0.4, 0.5) is 0 Å². The highest BCUT2D eigenvalue weighted by Gasteiger charge is 2.27. The highest BCUT2D eigenvalue weighted by atomic mass is 32.2. The fourth-order valence-corrected chi connectivity index (χ4v) is 5.58. The van der Waals surface area contributed by atoms with E-state index in [-0.39, 0.29) is 11.9 Å². The maximum absolute atomic E-state index is 12.3. The lowest BCUT2D eigenvalue weighted by Crippen LogP contribution is -2.44. The zero-order chi connectivity index (χ0) is 25.2. The van der Waals surface area contributed by atoms with Crippen LogP contribution in [0.15, 0.2) is 64.9 Å². The molecule has 0 radical (unpaired) electrons. The van der Waals surface area contributed by atoms with Gasteiger partial charge in [0.15, 0.2) is 0 Å². The van der Waals surface area contributed by atoms with Crippen molar-refractivity contribution in [3.63, 3.8) is 0 Å². The van der Waals surface area contributed by atoms with E-state index in [9.17, 15) is 20.4 Å². The van der Waals surface area contributed by atoms with Gasteiger partial charge in [-0.2, -0.15) is 20.7 Å². The van der Waals surface area contributed by atoms with Gasteiger partial charge in [0.1, 0.15) is 18.2 Å². The average Bonchev–Trinajstić information content (AvgIpc) is 3.56. The highest BCUT2D eigenvalue weighted by Crippen LogP contribution is 2.37. The first-order valence-corrected chi connectivity index (χ1v) is 12.4. The van der Waals surface area contributed by atoms with E-state index in [2.05, 4.69) is 22.3 Å². The van der Waals surface area contributed by atoms with E-state index < -0.39 is 6.10 Å². The molecule has 1 amide bonds. The van der Waals surface area contributed by atoms with Crippen molar-refractivity contribution in [2.24, 2.45) is 0 Å². The van der Waals surface area contributed by atoms with Crippen molar-refractivity contribution in [1.29, 1.82) is 10.5 Å². The van der Waals surface area contributed by atoms with Gasteiger partial charge in [0, 0.05) is 46.4 Å². The number of aliphatic hydroxyl groups is 1. The molecule has 1 fully saturated rings. The number of fused-ring (bicyclic) bond motifs is 1. The van der Waals surface area contributed by atoms with Gasteiger partial charge in [0.25, 0.3) is 5.91 Å². The smallest absolute Gasteiger partial charge is 0.251 e. The summed E-state index contributed by atoms with van der Waals surface area (Å²) in [6.07, 6.45) is 7.85. The SMILES string of the molecule is C[C@@H](O)C(=O)N1CCC[C@H](n2cc(-c3cc(Sc4ccccc4C#N)c4c(C#N)cnn4c3)cn2)C1. The molecule has 1 aromatic carbocycles. The van der Waals surface area contributed by atoms with Crippen LogP contribution in [-0.4, -0.2) is 54.5 Å². The maximum atomic E-state index is 12.3. The van der Waals surface area contributed by atoms with Gasteiger partial charge in [-0.15, -0.1) is 0 Å². The van der Waals surface area contributed by atoms with Gasteiger partial charge in [-0.3, -0.25) is 9.48 Å². The Kier molecular flexibility index (Phi) is 6.47. The van der Waals surface area contributed by atoms with Gasteiger partial charge >= 0.3 is 0 Å². The Morgan fingerprint density at radius 1 is 1.11 bits per heavy atom. The van der Waals surface area contributed by atoms with E-state index in [1.54, 1.807) is 27.9 Å². The molecule has 0 saturated carbocycles. The molecule has 4 heterocycles. The van der Waals surface area contributed by atoms with Gasteiger partial charge in [0.05, 0.1) is 35.1 Å². The van der Waals surface area contributed by atoms with Crippen LogP contribution in [-0.2, 0) is 4.79 Å². The van der Waals surface area contributed by atoms with Crippen LogP contribution in [0, 0.1) is 22.7 Å². The second-order valence-corrected chi connectivity index (χ2v) is 9.82. The lowest BCUT2D eigenvalue weighted by atomic mass is 10.1. The van der Waals surface area contributed by atoms with Crippen molar-refractivity contribution in [3.05, 3.63) is 66.2 Å². The van der Waals surface area contributed by atoms with E-state index >= 15 is 0 Å². The summed E-state index contributed by atoms with van der Waals surface area (Å²) in [5, 5.41) is 37.8. The molecule has 9 nitrogen and oxygen atoms in total. The Hall–Kier alpha value is -4.12. The number of rotatable bonds is 5. The number of pyridine rings is 1. The number of amides is 1. The van der Waals surface area contributed by atoms with Crippen LogP contribution in [0.5, 0.6) is 0 Å². The first kappa shape index (κ1) is 23.6. The van der Waals surface area contributed by atoms with Crippen LogP contribution in [0.2, 0.25) is 0 Å². The van der Waals surface area contributed by atoms with Crippen LogP contribution in [0.1, 0.15) is 36.9 Å². The number of likely N-dealkylation sites (tertiary alicyclic amines) is 1. The van der Waals surface area contributed by atoms with Crippen LogP contribution in [0.25, 0.3) is 16.6 Å². The molecule has 1 aliphatic heterocycles. The molecule has 1 N–H and O–H groups in total. The number of benzene rings is 1. The summed E-state index contributed by atoms with van der Waals surface area (Å²) in [6.45, 7) is 2.63. The normalized spacial score (nSPS) is 16.4. The first-order chi connectivity index (χ1) is 17.5. The molecule has 1 aliphatic rings. The Morgan fingerprint density at radius 3 is 2.69 bits per heavy atom. The number of hydrogen-bond acceptors (Lipinski definition) is 7. The van der Waals surface area contributed by atoms with Gasteiger partial charge in [-0.1, -0.05) is 23.9 Å². The van der Waals surface area contributed by atoms with Crippen molar-refractivity contribution in [1.82, 2.24) is 24.3 Å². The predicted molar refractivity (Wildman–Crippen MR) is 133 cm³/mol. The number of carbonyl (C=O) groups is 1. The van der Waals surface area contributed by atoms with Gasteiger partial charge < -0.3 is 10.0 Å². The Morgan fingerprint density at radius 2 is 1.92 bits per heavy atom. The minimum Gasteiger partial charge on any atom is -0.384 e. The van der Waals surface area contributed by atoms with Crippen LogP contribution >= 0.6 is 11.8 Å². The molecule has 0 bridgehead atoms. The zero-order valence-electron chi connectivity index (χ0n) is 19.6. The second-order valence-electron chi connectivity index (χ2n) is 8.73. The van der Waals surface area contributed by atoms with E-state index in [0.717, 1.165) is 33.8 Å². The molecule has 0 spiro atoms. The number of aromatic nitrogens is 4. The molecule has 180 valence electrons. The summed E-state index contributed by atoms with van der Waals surface area (Å²) in [5.74, 6) is -0.260. The van der Waals surface area contributed by atoms with Gasteiger partial charge in [0.2, 0.25) is 0 Å². The number of nitriles is 2. The Labute approximate surface area is 212 Å². The number of carbonyl (C=O) groups excluding carboxylic acids is 1. The Balaban J connectivity index is 1.50. The third-order valence-corrected chi connectivity index (χ3v) is 7.41. The first-order valence-electron chi connectivity index (χ1n) is 11.6. The molecule has 10 heteroatoms. The van der Waals surface area contributed by atoms with Crippen molar-refractivity contribution >= 4 is 23.2 Å². The largest absolute Gasteiger partial charge is 0.384 e. The quantitative estimate of drug-likeness (QED) is 0.446. The molecule has 5 rings (SSSR count). The summed E-state index contributed by atoms with van der Waals surface area (Å²) >= 11 is 1.42. The third kappa shape index (κ3) is 4.44. The zero-order valence-corrected chi connectivity index (χ0v) is 20.4. The molecular weight excluding hydrogens is 474 g/mol. The third-order valence-electron chi connectivity index (χ3n) is 6.30. The molecule has 4 aromatic rings. The Bertz CT molecular complexity index is 1530. The summed E-state index contributed by atoms with van der Waals surface area (Å²) in [5.41, 5.74) is 3.45. The molecular formula is C26H23N7O2S. The minimum absolute atomic E-state index is 0.0187. The number of nitrogens with zero attached hydrogens (tertiary/aromatic N) is 7. The predicted octanol–water partition coefficient (Wildman–Crippen LogP) is 3.64. The van der Waals surface area contributed by atoms with E-state index in [1.165, 1.54) is 18.7 Å². The number of aliphatic hydroxyl groups excluding tert-OH is 1. The standard InChI is InChI=1S/C26H23N7O2S/c1-17(34)26(35)31-8-4-6-22(16-31)32-15-21(13-29-32)19-9-24(25-20(11-28)12-30-33(25)14-19)36-23-7-3-2-5-18(23)10-27/h2-3,5,7,9,12-15,17,22,34H,4,6,8,16H2,1H3/t17-,22+/m1/s1. The molecule has 0 aliphatic carbocycles. The van der Waals surface area contributed by atoms with E-state index in [0.29, 0.717) is 29.7 Å². The lowest BCUT2D eigenvalue weighted by molar-refractivity contribution is -0.141. The number of hydrogen-bond donors (Lipinski definition) is 1. The van der Waals surface area contributed by atoms with E-state index in [4.69, 9.17) is 0 Å². The van der Waals surface area contributed by atoms with Crippen molar-refractivity contribution in [3.8, 4) is 23.3 Å². The van der Waals surface area contributed by atoms with Crippen LogP contribution < -0.4 is 0 Å². The highest BCUT2D eigenvalue weighted by molar-refractivity contribution is 7.99. The fourth-order valence-electron chi connectivity index (χ4n) is 4.49. The minimum atomic E-state index is -1.02. The van der Waals surface area contributed by atoms with Crippen molar-refractivity contribution in [2.45, 2.75) is 41.7 Å². The monoisotopic (exact) mass is 497 g/mol. The van der Waals surface area contributed by atoms with Crippen molar-refractivity contribution in [2.75, 3.05) is 13.1 Å². The van der Waals surface area contributed by atoms with Crippen LogP contribution in [0.3, 0.4) is 0 Å². The molecule has 0 unspecified atom stereocenters. The number of piperidine rings is 1. The fraction of sp³-hybridized carbons (Fsp3) is 0.269. The van der Waals surface area contributed by atoms with Crippen molar-refractivity contribution < 1.29 is 9.90 Å². The molecule has 3 aromatic heterocycles. The molecule has 36 heavy (non-hydrogen) atoms. The van der Waals surface area contributed by atoms with Gasteiger partial charge in [-0.05, 0) is 38.0 Å². The molecule has 2 atom stereocenters. The summed E-state index contributed by atoms with van der Waals surface area (Å²) < 4.78 is 3.56. The average molecular weight is 498 g/mol.